The van der Waals surface area contributed by atoms with Gasteiger partial charge in [0.1, 0.15) is 0 Å². The van der Waals surface area contributed by atoms with Crippen molar-refractivity contribution in [1.82, 2.24) is 20.5 Å². The average molecular weight is 197 g/mol. The molecule has 1 rings (SSSR count). The van der Waals surface area contributed by atoms with Crippen LogP contribution in [0.2, 0.25) is 0 Å². The number of hydrogen-bond donors (Lipinski definition) is 3. The highest BCUT2D eigenvalue weighted by molar-refractivity contribution is 5.94. The molecular weight excluding hydrogens is 186 g/mol. The van der Waals surface area contributed by atoms with Crippen LogP contribution in [0, 0.1) is 0 Å². The highest BCUT2D eigenvalue weighted by Gasteiger charge is 2.09. The Balaban J connectivity index is 2.81. The van der Waals surface area contributed by atoms with Crippen LogP contribution in [0.1, 0.15) is 10.5 Å². The van der Waals surface area contributed by atoms with Crippen LogP contribution < -0.4 is 11.2 Å². The maximum absolute atomic E-state index is 10.8. The molecular formula is C6H11N7O. The third-order valence-electron chi connectivity index (χ3n) is 1.46. The number of aromatic amines is 1. The van der Waals surface area contributed by atoms with Gasteiger partial charge in [-0.2, -0.15) is 0 Å². The van der Waals surface area contributed by atoms with E-state index in [-0.39, 0.29) is 11.5 Å². The van der Waals surface area contributed by atoms with Crippen molar-refractivity contribution in [1.29, 1.82) is 0 Å². The molecule has 4 N–H and O–H groups in total. The van der Waals surface area contributed by atoms with Crippen LogP contribution >= 0.6 is 0 Å². The van der Waals surface area contributed by atoms with E-state index in [2.05, 4.69) is 25.7 Å². The first kappa shape index (κ1) is 10.1. The number of carbonyl (C=O) groups is 1. The summed E-state index contributed by atoms with van der Waals surface area (Å²) in [7, 11) is 3.33. The maximum Gasteiger partial charge on any atom is 0.269 e. The Hall–Kier alpha value is -1.96. The van der Waals surface area contributed by atoms with Crippen molar-refractivity contribution in [2.24, 2.45) is 16.1 Å². The molecule has 0 unspecified atom stereocenters. The van der Waals surface area contributed by atoms with Gasteiger partial charge in [0.25, 0.3) is 5.91 Å². The van der Waals surface area contributed by atoms with Gasteiger partial charge in [-0.1, -0.05) is 5.22 Å². The lowest BCUT2D eigenvalue weighted by Gasteiger charge is -2.06. The van der Waals surface area contributed by atoms with E-state index in [0.717, 1.165) is 0 Å². The van der Waals surface area contributed by atoms with Crippen LogP contribution in [0.3, 0.4) is 0 Å². The zero-order valence-electron chi connectivity index (χ0n) is 7.85. The summed E-state index contributed by atoms with van der Waals surface area (Å²) in [4.78, 5) is 17.2. The van der Waals surface area contributed by atoms with Gasteiger partial charge < -0.3 is 10.7 Å². The van der Waals surface area contributed by atoms with Crippen LogP contribution in [-0.4, -0.2) is 35.1 Å². The van der Waals surface area contributed by atoms with Crippen molar-refractivity contribution in [3.8, 4) is 0 Å². The second-order valence-electron chi connectivity index (χ2n) is 2.40. The van der Waals surface area contributed by atoms with E-state index < -0.39 is 5.91 Å². The molecule has 0 saturated heterocycles. The van der Waals surface area contributed by atoms with Gasteiger partial charge in [-0.15, -0.1) is 5.11 Å². The SMILES string of the molecule is CNN(C)N=Nc1nc[nH]c1C(N)=O. The van der Waals surface area contributed by atoms with Crippen LogP contribution in [-0.2, 0) is 0 Å². The monoisotopic (exact) mass is 197 g/mol. The fourth-order valence-electron chi connectivity index (χ4n) is 0.698. The molecule has 1 aromatic heterocycles. The zero-order valence-corrected chi connectivity index (χ0v) is 7.85. The molecule has 8 heteroatoms. The van der Waals surface area contributed by atoms with Crippen LogP contribution in [0.15, 0.2) is 16.7 Å². The van der Waals surface area contributed by atoms with Gasteiger partial charge in [0.15, 0.2) is 5.69 Å². The van der Waals surface area contributed by atoms with E-state index in [1.54, 1.807) is 14.1 Å². The second-order valence-corrected chi connectivity index (χ2v) is 2.40. The molecule has 0 radical (unpaired) electrons. The minimum Gasteiger partial charge on any atom is -0.364 e. The number of nitrogens with two attached hydrogens (primary N) is 1. The van der Waals surface area contributed by atoms with Crippen molar-refractivity contribution in [2.45, 2.75) is 0 Å². The number of primary amides is 1. The smallest absolute Gasteiger partial charge is 0.269 e. The number of amides is 1. The second kappa shape index (κ2) is 4.33. The fourth-order valence-corrected chi connectivity index (χ4v) is 0.698. The number of nitrogens with one attached hydrogen (secondary N) is 2. The summed E-state index contributed by atoms with van der Waals surface area (Å²) in [5, 5.41) is 8.75. The first-order valence-corrected chi connectivity index (χ1v) is 3.81. The van der Waals surface area contributed by atoms with E-state index in [4.69, 9.17) is 5.73 Å². The van der Waals surface area contributed by atoms with Crippen molar-refractivity contribution in [3.63, 3.8) is 0 Å². The van der Waals surface area contributed by atoms with Crippen LogP contribution in [0.4, 0.5) is 5.82 Å². The van der Waals surface area contributed by atoms with E-state index >= 15 is 0 Å². The zero-order chi connectivity index (χ0) is 10.6. The Kier molecular flexibility index (Phi) is 3.13. The van der Waals surface area contributed by atoms with E-state index in [1.807, 2.05) is 0 Å². The first-order valence-electron chi connectivity index (χ1n) is 3.81. The van der Waals surface area contributed by atoms with Gasteiger partial charge in [-0.05, 0) is 0 Å². The number of hydrazine groups is 1. The Morgan fingerprint density at radius 1 is 1.79 bits per heavy atom. The molecule has 1 aromatic rings. The first-order chi connectivity index (χ1) is 6.65. The molecule has 76 valence electrons. The average Bonchev–Trinajstić information content (AvgIpc) is 2.62. The van der Waals surface area contributed by atoms with E-state index in [9.17, 15) is 4.79 Å². The van der Waals surface area contributed by atoms with Gasteiger partial charge >= 0.3 is 0 Å². The largest absolute Gasteiger partial charge is 0.364 e. The molecule has 0 spiro atoms. The Morgan fingerprint density at radius 2 is 2.50 bits per heavy atom. The summed E-state index contributed by atoms with van der Waals surface area (Å²) < 4.78 is 0. The molecule has 0 saturated carbocycles. The molecule has 0 fully saturated rings. The summed E-state index contributed by atoms with van der Waals surface area (Å²) in [5.74, 6) is -0.455. The Bertz CT molecular complexity index is 344. The predicted molar refractivity (Wildman–Crippen MR) is 48.4 cm³/mol. The maximum atomic E-state index is 10.8. The number of nitrogens with zero attached hydrogens (tertiary/aromatic N) is 4. The summed E-state index contributed by atoms with van der Waals surface area (Å²) in [6, 6.07) is 0. The topological polar surface area (TPSA) is 112 Å². The quantitative estimate of drug-likeness (QED) is 0.449. The van der Waals surface area contributed by atoms with Gasteiger partial charge in [0.2, 0.25) is 5.82 Å². The summed E-state index contributed by atoms with van der Waals surface area (Å²) in [6.45, 7) is 0. The Labute approximate surface area is 80.2 Å². The van der Waals surface area contributed by atoms with E-state index in [1.165, 1.54) is 11.4 Å². The molecule has 1 amide bonds. The van der Waals surface area contributed by atoms with Gasteiger partial charge in [-0.25, -0.2) is 15.5 Å². The lowest BCUT2D eigenvalue weighted by molar-refractivity contribution is 0.0996. The van der Waals surface area contributed by atoms with Crippen molar-refractivity contribution < 1.29 is 4.79 Å². The highest BCUT2D eigenvalue weighted by atomic mass is 16.1. The lowest BCUT2D eigenvalue weighted by atomic mass is 10.4. The van der Waals surface area contributed by atoms with Crippen molar-refractivity contribution >= 4 is 11.7 Å². The lowest BCUT2D eigenvalue weighted by Crippen LogP contribution is -2.24. The highest BCUT2D eigenvalue weighted by Crippen LogP contribution is 2.12. The standard InChI is InChI=1S/C6H11N7O/c1-8-13(2)12-11-6-4(5(7)14)9-3-10-6/h3,8H,1-2H3,(H2,7,14)(H,9,10). The normalized spacial score (nSPS) is 10.7. The van der Waals surface area contributed by atoms with Crippen molar-refractivity contribution in [2.75, 3.05) is 14.1 Å². The summed E-state index contributed by atoms with van der Waals surface area (Å²) >= 11 is 0. The number of aromatic nitrogens is 2. The van der Waals surface area contributed by atoms with Crippen molar-refractivity contribution in [3.05, 3.63) is 12.0 Å². The minimum absolute atomic E-state index is 0.137. The molecule has 0 aromatic carbocycles. The Morgan fingerprint density at radius 3 is 3.07 bits per heavy atom. The third kappa shape index (κ3) is 2.26. The fraction of sp³-hybridized carbons (Fsp3) is 0.333. The number of carbonyl (C=O) groups excluding carboxylic acids is 1. The number of imidazole rings is 1. The number of hydrogen-bond acceptors (Lipinski definition) is 5. The third-order valence-corrected chi connectivity index (χ3v) is 1.46. The van der Waals surface area contributed by atoms with Gasteiger partial charge in [0, 0.05) is 14.1 Å². The number of H-pyrrole nitrogens is 1. The van der Waals surface area contributed by atoms with Crippen LogP contribution in [0.25, 0.3) is 0 Å². The number of rotatable bonds is 4. The molecule has 0 aliphatic heterocycles. The molecule has 0 bridgehead atoms. The minimum atomic E-state index is -0.622. The molecule has 0 aliphatic rings. The van der Waals surface area contributed by atoms with Gasteiger partial charge in [-0.3, -0.25) is 4.79 Å². The molecule has 0 atom stereocenters. The molecule has 1 heterocycles. The molecule has 8 nitrogen and oxygen atoms in total. The van der Waals surface area contributed by atoms with E-state index in [0.29, 0.717) is 0 Å². The predicted octanol–water partition coefficient (Wildman–Crippen LogP) is -0.427. The van der Waals surface area contributed by atoms with Gasteiger partial charge in [0.05, 0.1) is 6.33 Å². The summed E-state index contributed by atoms with van der Waals surface area (Å²) in [6.07, 6.45) is 1.33. The molecule has 14 heavy (non-hydrogen) atoms. The van der Waals surface area contributed by atoms with Crippen LogP contribution in [0.5, 0.6) is 0 Å². The molecule has 0 aliphatic carbocycles. The summed E-state index contributed by atoms with van der Waals surface area (Å²) in [5.41, 5.74) is 7.89.